The second-order valence-electron chi connectivity index (χ2n) is 3.21. The summed E-state index contributed by atoms with van der Waals surface area (Å²) in [4.78, 5) is 11.6. The molecule has 0 unspecified atom stereocenters. The largest absolute Gasteiger partial charge is 0.399 e. The van der Waals surface area contributed by atoms with Gasteiger partial charge in [-0.05, 0) is 24.3 Å². The van der Waals surface area contributed by atoms with E-state index in [-0.39, 0.29) is 12.5 Å². The molecule has 0 aliphatic heterocycles. The van der Waals surface area contributed by atoms with Gasteiger partial charge in [0, 0.05) is 29.3 Å². The molecule has 0 aliphatic rings. The second-order valence-corrected chi connectivity index (χ2v) is 4.44. The average molecular weight is 240 g/mol. The summed E-state index contributed by atoms with van der Waals surface area (Å²) >= 11 is 1.61. The highest BCUT2D eigenvalue weighted by Crippen LogP contribution is 2.05. The van der Waals surface area contributed by atoms with Crippen LogP contribution < -0.4 is 11.1 Å². The monoisotopic (exact) mass is 240 g/mol. The lowest BCUT2D eigenvalue weighted by molar-refractivity contribution is 0.0956. The van der Waals surface area contributed by atoms with Crippen LogP contribution in [-0.4, -0.2) is 35.7 Å². The van der Waals surface area contributed by atoms with Gasteiger partial charge in [0.15, 0.2) is 0 Å². The molecule has 0 radical (unpaired) electrons. The molecule has 4 nitrogen and oxygen atoms in total. The zero-order valence-corrected chi connectivity index (χ0v) is 9.80. The highest BCUT2D eigenvalue weighted by molar-refractivity contribution is 7.99. The molecule has 4 N–H and O–H groups in total. The number of nitrogens with two attached hydrogens (primary N) is 1. The predicted octanol–water partition coefficient (Wildman–Crippen LogP) is 0.724. The minimum absolute atomic E-state index is 0.0930. The number of rotatable bonds is 6. The zero-order valence-electron chi connectivity index (χ0n) is 8.98. The molecule has 0 spiro atoms. The van der Waals surface area contributed by atoms with Crippen molar-refractivity contribution in [3.8, 4) is 0 Å². The number of aliphatic hydroxyl groups excluding tert-OH is 1. The summed E-state index contributed by atoms with van der Waals surface area (Å²) in [6.45, 7) is 0.782. The molecule has 0 aliphatic carbocycles. The first kappa shape index (κ1) is 12.9. The zero-order chi connectivity index (χ0) is 11.8. The van der Waals surface area contributed by atoms with Crippen LogP contribution in [-0.2, 0) is 0 Å². The molecule has 0 bridgehead atoms. The van der Waals surface area contributed by atoms with Crippen molar-refractivity contribution in [3.05, 3.63) is 29.8 Å². The Morgan fingerprint density at radius 2 is 2.00 bits per heavy atom. The van der Waals surface area contributed by atoms with Gasteiger partial charge in [-0.2, -0.15) is 11.8 Å². The minimum atomic E-state index is -0.0930. The maximum absolute atomic E-state index is 11.6. The van der Waals surface area contributed by atoms with E-state index in [4.69, 9.17) is 10.8 Å². The van der Waals surface area contributed by atoms with E-state index >= 15 is 0 Å². The molecule has 88 valence electrons. The molecule has 1 rings (SSSR count). The Morgan fingerprint density at radius 1 is 1.31 bits per heavy atom. The van der Waals surface area contributed by atoms with Crippen LogP contribution in [0.2, 0.25) is 0 Å². The summed E-state index contributed by atoms with van der Waals surface area (Å²) < 4.78 is 0. The summed E-state index contributed by atoms with van der Waals surface area (Å²) in [5, 5.41) is 11.4. The number of carbonyl (C=O) groups excluding carboxylic acids is 1. The maximum atomic E-state index is 11.6. The SMILES string of the molecule is Nc1ccc(C(=O)NCCSCCO)cc1. The number of benzene rings is 1. The molecule has 0 saturated carbocycles. The third kappa shape index (κ3) is 4.55. The van der Waals surface area contributed by atoms with Gasteiger partial charge < -0.3 is 16.2 Å². The van der Waals surface area contributed by atoms with E-state index in [1.807, 2.05) is 0 Å². The highest BCUT2D eigenvalue weighted by atomic mass is 32.2. The Hall–Kier alpha value is -1.20. The lowest BCUT2D eigenvalue weighted by atomic mass is 10.2. The summed E-state index contributed by atoms with van der Waals surface area (Å²) in [7, 11) is 0. The van der Waals surface area contributed by atoms with Gasteiger partial charge in [0.05, 0.1) is 6.61 Å². The van der Waals surface area contributed by atoms with Crippen LogP contribution in [0.15, 0.2) is 24.3 Å². The quantitative estimate of drug-likeness (QED) is 0.506. The maximum Gasteiger partial charge on any atom is 0.251 e. The summed E-state index contributed by atoms with van der Waals surface area (Å²) in [5.74, 6) is 1.42. The van der Waals surface area contributed by atoms with Crippen LogP contribution in [0.4, 0.5) is 5.69 Å². The van der Waals surface area contributed by atoms with Crippen LogP contribution in [0.25, 0.3) is 0 Å². The molecule has 5 heteroatoms. The van der Waals surface area contributed by atoms with Crippen molar-refractivity contribution in [3.63, 3.8) is 0 Å². The van der Waals surface area contributed by atoms with Gasteiger partial charge in [0.25, 0.3) is 5.91 Å². The summed E-state index contributed by atoms with van der Waals surface area (Å²) in [6.07, 6.45) is 0. The normalized spacial score (nSPS) is 10.1. The van der Waals surface area contributed by atoms with Crippen molar-refractivity contribution in [2.24, 2.45) is 0 Å². The van der Waals surface area contributed by atoms with Gasteiger partial charge in [-0.25, -0.2) is 0 Å². The van der Waals surface area contributed by atoms with E-state index in [9.17, 15) is 4.79 Å². The molecule has 1 aromatic carbocycles. The van der Waals surface area contributed by atoms with Crippen molar-refractivity contribution < 1.29 is 9.90 Å². The molecule has 0 aromatic heterocycles. The molecule has 16 heavy (non-hydrogen) atoms. The van der Waals surface area contributed by atoms with E-state index in [0.29, 0.717) is 23.5 Å². The standard InChI is InChI=1S/C11H16N2O2S/c12-10-3-1-9(2-4-10)11(15)13-5-7-16-8-6-14/h1-4,14H,5-8,12H2,(H,13,15). The lowest BCUT2D eigenvalue weighted by Gasteiger charge is -2.04. The highest BCUT2D eigenvalue weighted by Gasteiger charge is 2.03. The van der Waals surface area contributed by atoms with E-state index in [1.54, 1.807) is 36.0 Å². The van der Waals surface area contributed by atoms with Crippen LogP contribution in [0.3, 0.4) is 0 Å². The number of amides is 1. The molecular formula is C11H16N2O2S. The smallest absolute Gasteiger partial charge is 0.251 e. The first-order valence-corrected chi connectivity index (χ1v) is 6.22. The van der Waals surface area contributed by atoms with Gasteiger partial charge in [-0.1, -0.05) is 0 Å². The van der Waals surface area contributed by atoms with Crippen LogP contribution in [0.1, 0.15) is 10.4 Å². The summed E-state index contributed by atoms with van der Waals surface area (Å²) in [6, 6.07) is 6.81. The summed E-state index contributed by atoms with van der Waals surface area (Å²) in [5.41, 5.74) is 6.78. The second kappa shape index (κ2) is 7.14. The molecule has 1 aromatic rings. The number of hydrogen-bond acceptors (Lipinski definition) is 4. The Labute approximate surface area is 99.2 Å². The molecule has 0 fully saturated rings. The lowest BCUT2D eigenvalue weighted by Crippen LogP contribution is -2.25. The fraction of sp³-hybridized carbons (Fsp3) is 0.364. The van der Waals surface area contributed by atoms with Crippen molar-refractivity contribution in [2.45, 2.75) is 0 Å². The van der Waals surface area contributed by atoms with Gasteiger partial charge in [0.2, 0.25) is 0 Å². The Balaban J connectivity index is 2.27. The number of nitrogens with one attached hydrogen (secondary N) is 1. The first-order valence-electron chi connectivity index (χ1n) is 5.06. The molecule has 0 saturated heterocycles. The van der Waals surface area contributed by atoms with Gasteiger partial charge >= 0.3 is 0 Å². The number of anilines is 1. The van der Waals surface area contributed by atoms with Crippen LogP contribution >= 0.6 is 11.8 Å². The molecule has 0 heterocycles. The Kier molecular flexibility index (Phi) is 5.74. The van der Waals surface area contributed by atoms with E-state index < -0.39 is 0 Å². The molecule has 1 amide bonds. The van der Waals surface area contributed by atoms with Crippen molar-refractivity contribution in [1.29, 1.82) is 0 Å². The van der Waals surface area contributed by atoms with Gasteiger partial charge in [-0.3, -0.25) is 4.79 Å². The van der Waals surface area contributed by atoms with E-state index in [0.717, 1.165) is 5.75 Å². The van der Waals surface area contributed by atoms with Gasteiger partial charge in [-0.15, -0.1) is 0 Å². The number of nitrogen functional groups attached to an aromatic ring is 1. The predicted molar refractivity (Wildman–Crippen MR) is 67.6 cm³/mol. The number of hydrogen-bond donors (Lipinski definition) is 3. The topological polar surface area (TPSA) is 75.4 Å². The fourth-order valence-electron chi connectivity index (χ4n) is 1.14. The third-order valence-corrected chi connectivity index (χ3v) is 2.90. The van der Waals surface area contributed by atoms with Crippen molar-refractivity contribution >= 4 is 23.4 Å². The van der Waals surface area contributed by atoms with Crippen molar-refractivity contribution in [1.82, 2.24) is 5.32 Å². The molecular weight excluding hydrogens is 224 g/mol. The Bertz CT molecular complexity index is 327. The Morgan fingerprint density at radius 3 is 2.62 bits per heavy atom. The van der Waals surface area contributed by atoms with E-state index in [2.05, 4.69) is 5.32 Å². The van der Waals surface area contributed by atoms with E-state index in [1.165, 1.54) is 0 Å². The van der Waals surface area contributed by atoms with Crippen LogP contribution in [0.5, 0.6) is 0 Å². The number of aliphatic hydroxyl groups is 1. The number of carbonyl (C=O) groups is 1. The van der Waals surface area contributed by atoms with Gasteiger partial charge in [0.1, 0.15) is 0 Å². The number of thioether (sulfide) groups is 1. The minimum Gasteiger partial charge on any atom is -0.399 e. The van der Waals surface area contributed by atoms with Crippen molar-refractivity contribution in [2.75, 3.05) is 30.4 Å². The fourth-order valence-corrected chi connectivity index (χ4v) is 1.72. The average Bonchev–Trinajstić information content (AvgIpc) is 2.29. The third-order valence-electron chi connectivity index (χ3n) is 1.94. The molecule has 0 atom stereocenters. The first-order chi connectivity index (χ1) is 7.74. The van der Waals surface area contributed by atoms with Crippen LogP contribution in [0, 0.1) is 0 Å².